The second-order valence-electron chi connectivity index (χ2n) is 7.90. The fourth-order valence-corrected chi connectivity index (χ4v) is 3.94. The summed E-state index contributed by atoms with van der Waals surface area (Å²) in [5.74, 6) is 0.880. The summed E-state index contributed by atoms with van der Waals surface area (Å²) in [6, 6.07) is 19.3. The normalized spacial score (nSPS) is 12.7. The van der Waals surface area contributed by atoms with Crippen LogP contribution in [0.4, 0.5) is 27.5 Å². The van der Waals surface area contributed by atoms with Crippen molar-refractivity contribution >= 4 is 34.7 Å². The molecule has 1 fully saturated rings. The predicted molar refractivity (Wildman–Crippen MR) is 134 cm³/mol. The van der Waals surface area contributed by atoms with Crippen molar-refractivity contribution in [1.82, 2.24) is 0 Å². The van der Waals surface area contributed by atoms with E-state index in [0.717, 1.165) is 31.6 Å². The quantitative estimate of drug-likeness (QED) is 0.451. The Bertz CT molecular complexity index is 1160. The van der Waals surface area contributed by atoms with Crippen LogP contribution in [0.5, 0.6) is 11.5 Å². The first-order valence-corrected chi connectivity index (χ1v) is 11.1. The van der Waals surface area contributed by atoms with Gasteiger partial charge in [-0.25, -0.2) is 4.79 Å². The smallest absolute Gasteiger partial charge is 0.323 e. The number of benzene rings is 3. The molecular formula is C26H28N4O4. The van der Waals surface area contributed by atoms with Gasteiger partial charge in [-0.15, -0.1) is 0 Å². The largest absolute Gasteiger partial charge is 0.493 e. The van der Waals surface area contributed by atoms with Gasteiger partial charge in [0.1, 0.15) is 0 Å². The third-order valence-electron chi connectivity index (χ3n) is 5.63. The van der Waals surface area contributed by atoms with Gasteiger partial charge in [0.2, 0.25) is 0 Å². The van der Waals surface area contributed by atoms with Gasteiger partial charge in [0.05, 0.1) is 25.6 Å². The molecule has 0 bridgehead atoms. The molecular weight excluding hydrogens is 432 g/mol. The molecule has 176 valence electrons. The summed E-state index contributed by atoms with van der Waals surface area (Å²) in [7, 11) is 3.10. The molecule has 8 nitrogen and oxygen atoms in total. The molecule has 0 aromatic heterocycles. The van der Waals surface area contributed by atoms with Gasteiger partial charge in [0, 0.05) is 36.1 Å². The number of urea groups is 1. The number of nitrogens with one attached hydrogen (secondary N) is 3. The van der Waals surface area contributed by atoms with Crippen molar-refractivity contribution in [2.45, 2.75) is 12.8 Å². The first-order valence-electron chi connectivity index (χ1n) is 11.1. The van der Waals surface area contributed by atoms with Crippen molar-refractivity contribution in [1.29, 1.82) is 0 Å². The monoisotopic (exact) mass is 460 g/mol. The van der Waals surface area contributed by atoms with Gasteiger partial charge >= 0.3 is 6.03 Å². The molecule has 0 atom stereocenters. The van der Waals surface area contributed by atoms with Gasteiger partial charge in [-0.2, -0.15) is 0 Å². The first-order chi connectivity index (χ1) is 16.6. The second kappa shape index (κ2) is 10.6. The van der Waals surface area contributed by atoms with Crippen LogP contribution in [-0.4, -0.2) is 39.2 Å². The van der Waals surface area contributed by atoms with Crippen LogP contribution in [0.15, 0.2) is 66.7 Å². The van der Waals surface area contributed by atoms with E-state index < -0.39 is 6.03 Å². The zero-order chi connectivity index (χ0) is 23.9. The maximum Gasteiger partial charge on any atom is 0.323 e. The fraction of sp³-hybridized carbons (Fsp3) is 0.231. The van der Waals surface area contributed by atoms with Gasteiger partial charge in [-0.05, 0) is 55.3 Å². The highest BCUT2D eigenvalue weighted by atomic mass is 16.5. The zero-order valence-corrected chi connectivity index (χ0v) is 19.3. The first kappa shape index (κ1) is 23.0. The Labute approximate surface area is 198 Å². The Morgan fingerprint density at radius 2 is 1.44 bits per heavy atom. The third-order valence-corrected chi connectivity index (χ3v) is 5.63. The second-order valence-corrected chi connectivity index (χ2v) is 7.90. The van der Waals surface area contributed by atoms with Crippen LogP contribution in [0, 0.1) is 0 Å². The number of rotatable bonds is 7. The van der Waals surface area contributed by atoms with E-state index in [1.807, 2.05) is 30.3 Å². The van der Waals surface area contributed by atoms with Crippen molar-refractivity contribution in [3.05, 3.63) is 72.3 Å². The summed E-state index contributed by atoms with van der Waals surface area (Å²) < 4.78 is 10.6. The molecule has 3 aromatic rings. The third kappa shape index (κ3) is 5.40. The van der Waals surface area contributed by atoms with E-state index in [-0.39, 0.29) is 5.91 Å². The molecule has 0 aliphatic carbocycles. The molecule has 3 N–H and O–H groups in total. The van der Waals surface area contributed by atoms with Crippen molar-refractivity contribution < 1.29 is 19.1 Å². The fourth-order valence-electron chi connectivity index (χ4n) is 3.94. The van der Waals surface area contributed by atoms with Crippen molar-refractivity contribution in [3.63, 3.8) is 0 Å². The molecule has 3 amide bonds. The Morgan fingerprint density at radius 1 is 0.765 bits per heavy atom. The number of nitrogens with zero attached hydrogens (tertiary/aromatic N) is 1. The van der Waals surface area contributed by atoms with E-state index in [2.05, 4.69) is 20.9 Å². The molecule has 0 radical (unpaired) electrons. The lowest BCUT2D eigenvalue weighted by atomic mass is 10.2. The number of anilines is 4. The van der Waals surface area contributed by atoms with Gasteiger partial charge in [-0.1, -0.05) is 18.2 Å². The standard InChI is InChI=1S/C26H28N4O4/c1-33-23-13-11-20(17-24(23)34-2)28-26(32)29-21-16-19(10-12-22(21)30-14-6-7-15-30)27-25(31)18-8-4-3-5-9-18/h3-5,8-13,16-17H,6-7,14-15H2,1-2H3,(H,27,31)(H2,28,29,32). The van der Waals surface area contributed by atoms with Crippen LogP contribution in [0.3, 0.4) is 0 Å². The Balaban J connectivity index is 1.54. The lowest BCUT2D eigenvalue weighted by Gasteiger charge is -2.22. The summed E-state index contributed by atoms with van der Waals surface area (Å²) in [5, 5.41) is 8.68. The molecule has 0 unspecified atom stereocenters. The van der Waals surface area contributed by atoms with Crippen molar-refractivity contribution in [2.24, 2.45) is 0 Å². The van der Waals surface area contributed by atoms with Gasteiger partial charge in [-0.3, -0.25) is 4.79 Å². The molecule has 1 heterocycles. The van der Waals surface area contributed by atoms with E-state index in [1.165, 1.54) is 0 Å². The van der Waals surface area contributed by atoms with E-state index in [0.29, 0.717) is 34.1 Å². The molecule has 0 saturated carbocycles. The molecule has 1 aliphatic heterocycles. The predicted octanol–water partition coefficient (Wildman–Crippen LogP) is 5.20. The highest BCUT2D eigenvalue weighted by Crippen LogP contribution is 2.33. The van der Waals surface area contributed by atoms with Crippen LogP contribution in [0.2, 0.25) is 0 Å². The zero-order valence-electron chi connectivity index (χ0n) is 19.3. The van der Waals surface area contributed by atoms with Crippen LogP contribution in [0.1, 0.15) is 23.2 Å². The lowest BCUT2D eigenvalue weighted by molar-refractivity contribution is 0.102. The average Bonchev–Trinajstić information content (AvgIpc) is 3.39. The Kier molecular flexibility index (Phi) is 7.17. The minimum atomic E-state index is -0.404. The molecule has 4 rings (SSSR count). The van der Waals surface area contributed by atoms with E-state index in [9.17, 15) is 9.59 Å². The summed E-state index contributed by atoms with van der Waals surface area (Å²) in [6.45, 7) is 1.84. The van der Waals surface area contributed by atoms with Gasteiger partial charge < -0.3 is 30.3 Å². The Hall–Kier alpha value is -4.20. The van der Waals surface area contributed by atoms with Crippen LogP contribution in [0.25, 0.3) is 0 Å². The van der Waals surface area contributed by atoms with Gasteiger partial charge in [0.15, 0.2) is 11.5 Å². The van der Waals surface area contributed by atoms with E-state index in [4.69, 9.17) is 9.47 Å². The van der Waals surface area contributed by atoms with E-state index >= 15 is 0 Å². The Morgan fingerprint density at radius 3 is 2.15 bits per heavy atom. The average molecular weight is 461 g/mol. The number of ether oxygens (including phenoxy) is 2. The maximum absolute atomic E-state index is 12.9. The lowest BCUT2D eigenvalue weighted by Crippen LogP contribution is -2.24. The number of carbonyl (C=O) groups is 2. The topological polar surface area (TPSA) is 91.9 Å². The number of amides is 3. The highest BCUT2D eigenvalue weighted by Gasteiger charge is 2.18. The summed E-state index contributed by atoms with van der Waals surface area (Å²) in [5.41, 5.74) is 3.25. The van der Waals surface area contributed by atoms with Crippen molar-refractivity contribution in [3.8, 4) is 11.5 Å². The molecule has 34 heavy (non-hydrogen) atoms. The highest BCUT2D eigenvalue weighted by molar-refractivity contribution is 6.06. The van der Waals surface area contributed by atoms with Crippen LogP contribution < -0.4 is 30.3 Å². The summed E-state index contributed by atoms with van der Waals surface area (Å²) in [6.07, 6.45) is 2.20. The molecule has 3 aromatic carbocycles. The van der Waals surface area contributed by atoms with Gasteiger partial charge in [0.25, 0.3) is 5.91 Å². The molecule has 0 spiro atoms. The van der Waals surface area contributed by atoms with Crippen LogP contribution in [-0.2, 0) is 0 Å². The van der Waals surface area contributed by atoms with Crippen molar-refractivity contribution in [2.75, 3.05) is 48.2 Å². The number of methoxy groups -OCH3 is 2. The SMILES string of the molecule is COc1ccc(NC(=O)Nc2cc(NC(=O)c3ccccc3)ccc2N2CCCC2)cc1OC. The summed E-state index contributed by atoms with van der Waals surface area (Å²) >= 11 is 0. The van der Waals surface area contributed by atoms with E-state index in [1.54, 1.807) is 50.6 Å². The number of carbonyl (C=O) groups excluding carboxylic acids is 2. The maximum atomic E-state index is 12.9. The summed E-state index contributed by atoms with van der Waals surface area (Å²) in [4.78, 5) is 27.7. The number of hydrogen-bond donors (Lipinski definition) is 3. The molecule has 1 aliphatic rings. The number of hydrogen-bond acceptors (Lipinski definition) is 5. The molecule has 1 saturated heterocycles. The molecule has 8 heteroatoms. The van der Waals surface area contributed by atoms with Crippen LogP contribution >= 0.6 is 0 Å². The minimum absolute atomic E-state index is 0.213. The minimum Gasteiger partial charge on any atom is -0.493 e.